The van der Waals surface area contributed by atoms with Gasteiger partial charge in [-0.15, -0.1) is 5.10 Å². The molecule has 1 aromatic heterocycles. The van der Waals surface area contributed by atoms with E-state index in [4.69, 9.17) is 4.52 Å². The largest absolute Gasteiger partial charge is 0.337 e. The molecule has 0 aliphatic rings. The smallest absolute Gasteiger partial charge is 0.244 e. The van der Waals surface area contributed by atoms with Crippen molar-refractivity contribution in [1.82, 2.24) is 14.7 Å². The van der Waals surface area contributed by atoms with Crippen LogP contribution >= 0.6 is 0 Å². The Balaban J connectivity index is 2.77. The van der Waals surface area contributed by atoms with Gasteiger partial charge in [0.05, 0.1) is 0 Å². The second-order valence-corrected chi connectivity index (χ2v) is 5.28. The standard InChI is InChI=1S/C8H9N3O3S/c1-11(2)15(12,13)7-5-3-4-6-8(7)9-10-14-6/h3-5H,1-2H3. The summed E-state index contributed by atoms with van der Waals surface area (Å²) >= 11 is 0. The van der Waals surface area contributed by atoms with Crippen molar-refractivity contribution in [1.29, 1.82) is 0 Å². The van der Waals surface area contributed by atoms with Crippen LogP contribution in [0.4, 0.5) is 0 Å². The maximum absolute atomic E-state index is 11.9. The molecule has 0 N–H and O–H groups in total. The second kappa shape index (κ2) is 3.28. The third-order valence-corrected chi connectivity index (χ3v) is 3.85. The summed E-state index contributed by atoms with van der Waals surface area (Å²) in [5.41, 5.74) is 0.615. The van der Waals surface area contributed by atoms with Gasteiger partial charge in [-0.05, 0) is 12.1 Å². The first-order chi connectivity index (χ1) is 7.03. The lowest BCUT2D eigenvalue weighted by Crippen LogP contribution is -2.22. The minimum atomic E-state index is -3.50. The molecular formula is C8H9N3O3S. The molecule has 0 bridgehead atoms. The molecule has 0 aliphatic heterocycles. The third-order valence-electron chi connectivity index (χ3n) is 2.00. The van der Waals surface area contributed by atoms with Crippen LogP contribution in [0.25, 0.3) is 11.1 Å². The van der Waals surface area contributed by atoms with E-state index < -0.39 is 10.0 Å². The van der Waals surface area contributed by atoms with Crippen molar-refractivity contribution >= 4 is 21.1 Å². The highest BCUT2D eigenvalue weighted by molar-refractivity contribution is 7.89. The van der Waals surface area contributed by atoms with Crippen molar-refractivity contribution in [3.8, 4) is 0 Å². The minimum Gasteiger partial charge on any atom is -0.337 e. The van der Waals surface area contributed by atoms with E-state index in [2.05, 4.69) is 10.4 Å². The molecule has 0 atom stereocenters. The predicted molar refractivity (Wildman–Crippen MR) is 52.7 cm³/mol. The van der Waals surface area contributed by atoms with Gasteiger partial charge in [-0.2, -0.15) is 0 Å². The second-order valence-electron chi connectivity index (χ2n) is 3.16. The van der Waals surface area contributed by atoms with Crippen LogP contribution in [-0.4, -0.2) is 37.2 Å². The average Bonchev–Trinajstić information content (AvgIpc) is 2.64. The van der Waals surface area contributed by atoms with Crippen molar-refractivity contribution < 1.29 is 12.9 Å². The van der Waals surface area contributed by atoms with Crippen LogP contribution < -0.4 is 0 Å². The Morgan fingerprint density at radius 1 is 1.33 bits per heavy atom. The Labute approximate surface area is 86.5 Å². The summed E-state index contributed by atoms with van der Waals surface area (Å²) in [5, 5.41) is 6.97. The zero-order valence-electron chi connectivity index (χ0n) is 8.21. The summed E-state index contributed by atoms with van der Waals surface area (Å²) in [7, 11) is -0.583. The number of benzene rings is 1. The molecule has 1 aromatic carbocycles. The van der Waals surface area contributed by atoms with Crippen LogP contribution in [0.1, 0.15) is 0 Å². The van der Waals surface area contributed by atoms with E-state index in [1.165, 1.54) is 20.2 Å². The highest BCUT2D eigenvalue weighted by atomic mass is 32.2. The van der Waals surface area contributed by atoms with Gasteiger partial charge in [0.1, 0.15) is 4.90 Å². The Hall–Kier alpha value is -1.47. The zero-order valence-corrected chi connectivity index (χ0v) is 9.02. The first-order valence-electron chi connectivity index (χ1n) is 4.17. The van der Waals surface area contributed by atoms with Gasteiger partial charge in [0.25, 0.3) is 0 Å². The molecule has 80 valence electrons. The van der Waals surface area contributed by atoms with E-state index >= 15 is 0 Å². The van der Waals surface area contributed by atoms with Gasteiger partial charge in [-0.1, -0.05) is 6.07 Å². The fourth-order valence-corrected chi connectivity index (χ4v) is 2.21. The van der Waals surface area contributed by atoms with E-state index in [-0.39, 0.29) is 10.4 Å². The van der Waals surface area contributed by atoms with E-state index in [0.717, 1.165) is 4.31 Å². The molecule has 6 nitrogen and oxygen atoms in total. The zero-order chi connectivity index (χ0) is 11.1. The molecule has 0 unspecified atom stereocenters. The number of rotatable bonds is 2. The van der Waals surface area contributed by atoms with Crippen LogP contribution in [0.15, 0.2) is 27.6 Å². The van der Waals surface area contributed by atoms with Gasteiger partial charge in [-0.3, -0.25) is 0 Å². The monoisotopic (exact) mass is 227 g/mol. The summed E-state index contributed by atoms with van der Waals surface area (Å²) in [6.45, 7) is 0. The summed E-state index contributed by atoms with van der Waals surface area (Å²) in [6.07, 6.45) is 0. The van der Waals surface area contributed by atoms with Gasteiger partial charge in [0, 0.05) is 19.4 Å². The SMILES string of the molecule is CN(C)S(=O)(=O)c1cccc2onnc12. The Bertz CT molecular complexity index is 588. The van der Waals surface area contributed by atoms with E-state index in [1.807, 2.05) is 0 Å². The lowest BCUT2D eigenvalue weighted by atomic mass is 10.3. The number of sulfonamides is 1. The van der Waals surface area contributed by atoms with Gasteiger partial charge < -0.3 is 4.52 Å². The molecule has 2 rings (SSSR count). The Kier molecular flexibility index (Phi) is 2.20. The highest BCUT2D eigenvalue weighted by Crippen LogP contribution is 2.22. The average molecular weight is 227 g/mol. The van der Waals surface area contributed by atoms with Crippen molar-refractivity contribution in [3.63, 3.8) is 0 Å². The summed E-state index contributed by atoms with van der Waals surface area (Å²) in [5.74, 6) is 0. The number of aromatic nitrogens is 2. The first kappa shape index (κ1) is 10.1. The molecule has 0 fully saturated rings. The maximum atomic E-state index is 11.9. The minimum absolute atomic E-state index is 0.103. The van der Waals surface area contributed by atoms with Gasteiger partial charge in [0.2, 0.25) is 10.0 Å². The van der Waals surface area contributed by atoms with E-state index in [1.54, 1.807) is 12.1 Å². The molecule has 2 aromatic rings. The Morgan fingerprint density at radius 3 is 2.73 bits per heavy atom. The van der Waals surface area contributed by atoms with Crippen molar-refractivity contribution in [3.05, 3.63) is 18.2 Å². The van der Waals surface area contributed by atoms with E-state index in [9.17, 15) is 8.42 Å². The third kappa shape index (κ3) is 1.49. The molecule has 0 aliphatic carbocycles. The van der Waals surface area contributed by atoms with Crippen LogP contribution in [0.3, 0.4) is 0 Å². The quantitative estimate of drug-likeness (QED) is 0.745. The maximum Gasteiger partial charge on any atom is 0.244 e. The highest BCUT2D eigenvalue weighted by Gasteiger charge is 2.22. The molecule has 0 saturated heterocycles. The van der Waals surface area contributed by atoms with Gasteiger partial charge in [0.15, 0.2) is 11.1 Å². The lowest BCUT2D eigenvalue weighted by Gasteiger charge is -2.10. The number of hydrogen-bond donors (Lipinski definition) is 0. The summed E-state index contributed by atoms with van der Waals surface area (Å²) in [4.78, 5) is 0.103. The number of hydrogen-bond acceptors (Lipinski definition) is 5. The molecule has 0 saturated carbocycles. The van der Waals surface area contributed by atoms with Crippen LogP contribution in [0, 0.1) is 0 Å². The van der Waals surface area contributed by atoms with Crippen LogP contribution in [0.2, 0.25) is 0 Å². The van der Waals surface area contributed by atoms with Crippen molar-refractivity contribution in [2.24, 2.45) is 0 Å². The fraction of sp³-hybridized carbons (Fsp3) is 0.250. The van der Waals surface area contributed by atoms with Crippen molar-refractivity contribution in [2.45, 2.75) is 4.90 Å². The Morgan fingerprint density at radius 2 is 2.07 bits per heavy atom. The lowest BCUT2D eigenvalue weighted by molar-refractivity contribution is 0.424. The van der Waals surface area contributed by atoms with E-state index in [0.29, 0.717) is 5.58 Å². The molecule has 1 heterocycles. The molecule has 0 radical (unpaired) electrons. The predicted octanol–water partition coefficient (Wildman–Crippen LogP) is 0.473. The number of nitrogens with zero attached hydrogens (tertiary/aromatic N) is 3. The summed E-state index contributed by atoms with van der Waals surface area (Å²) < 4.78 is 29.6. The molecule has 7 heteroatoms. The van der Waals surface area contributed by atoms with Crippen molar-refractivity contribution in [2.75, 3.05) is 14.1 Å². The molecule has 15 heavy (non-hydrogen) atoms. The normalized spacial score (nSPS) is 12.5. The molecular weight excluding hydrogens is 218 g/mol. The topological polar surface area (TPSA) is 76.3 Å². The first-order valence-corrected chi connectivity index (χ1v) is 5.61. The van der Waals surface area contributed by atoms with Gasteiger partial charge >= 0.3 is 0 Å². The molecule has 0 amide bonds. The van der Waals surface area contributed by atoms with Gasteiger partial charge in [-0.25, -0.2) is 12.7 Å². The summed E-state index contributed by atoms with van der Waals surface area (Å²) in [6, 6.07) is 4.68. The number of fused-ring (bicyclic) bond motifs is 1. The van der Waals surface area contributed by atoms with Crippen LogP contribution in [-0.2, 0) is 10.0 Å². The molecule has 0 spiro atoms. The fourth-order valence-electron chi connectivity index (χ4n) is 1.18. The van der Waals surface area contributed by atoms with Crippen LogP contribution in [0.5, 0.6) is 0 Å².